The summed E-state index contributed by atoms with van der Waals surface area (Å²) < 4.78 is 13.9. The normalized spacial score (nSPS) is 12.4. The molecule has 0 spiro atoms. The van der Waals surface area contributed by atoms with Crippen molar-refractivity contribution in [2.45, 2.75) is 13.0 Å². The van der Waals surface area contributed by atoms with Crippen molar-refractivity contribution in [2.24, 2.45) is 5.84 Å². The summed E-state index contributed by atoms with van der Waals surface area (Å²) in [6.07, 6.45) is 0. The van der Waals surface area contributed by atoms with Crippen molar-refractivity contribution in [1.82, 2.24) is 5.43 Å². The largest absolute Gasteiger partial charge is 0.398 e. The molecule has 3 nitrogen and oxygen atoms in total. The molecule has 0 heterocycles. The van der Waals surface area contributed by atoms with Gasteiger partial charge in [-0.1, -0.05) is 35.4 Å². The van der Waals surface area contributed by atoms with Crippen LogP contribution >= 0.6 is 11.6 Å². The van der Waals surface area contributed by atoms with Crippen molar-refractivity contribution < 1.29 is 4.39 Å². The molecule has 1 unspecified atom stereocenters. The lowest BCUT2D eigenvalue weighted by molar-refractivity contribution is 0.560. The number of rotatable bonds is 3. The van der Waals surface area contributed by atoms with E-state index >= 15 is 0 Å². The SMILES string of the molecule is Cc1ccc(F)c(C(NN)c2ccc(Cl)cc2N)c1. The van der Waals surface area contributed by atoms with Crippen molar-refractivity contribution in [1.29, 1.82) is 0 Å². The molecule has 0 aliphatic carbocycles. The lowest BCUT2D eigenvalue weighted by Crippen LogP contribution is -2.30. The molecule has 0 saturated carbocycles. The van der Waals surface area contributed by atoms with Crippen molar-refractivity contribution >= 4 is 17.3 Å². The van der Waals surface area contributed by atoms with E-state index in [1.54, 1.807) is 30.3 Å². The summed E-state index contributed by atoms with van der Waals surface area (Å²) in [6.45, 7) is 1.89. The summed E-state index contributed by atoms with van der Waals surface area (Å²) in [4.78, 5) is 0. The van der Waals surface area contributed by atoms with Crippen LogP contribution in [0.1, 0.15) is 22.7 Å². The fraction of sp³-hybridized carbons (Fsp3) is 0.143. The first-order valence-corrected chi connectivity index (χ1v) is 6.18. The highest BCUT2D eigenvalue weighted by atomic mass is 35.5. The lowest BCUT2D eigenvalue weighted by atomic mass is 9.96. The van der Waals surface area contributed by atoms with E-state index in [4.69, 9.17) is 23.2 Å². The number of hydrogen-bond donors (Lipinski definition) is 3. The molecular formula is C14H15ClFN3. The summed E-state index contributed by atoms with van der Waals surface area (Å²) in [5.74, 6) is 5.23. The highest BCUT2D eigenvalue weighted by Gasteiger charge is 2.19. The summed E-state index contributed by atoms with van der Waals surface area (Å²) in [6, 6.07) is 9.41. The van der Waals surface area contributed by atoms with Gasteiger partial charge < -0.3 is 5.73 Å². The Bertz CT molecular complexity index is 601. The van der Waals surface area contributed by atoms with Crippen molar-refractivity contribution in [3.05, 3.63) is 63.9 Å². The number of nitrogens with one attached hydrogen (secondary N) is 1. The zero-order valence-electron chi connectivity index (χ0n) is 10.5. The summed E-state index contributed by atoms with van der Waals surface area (Å²) in [5.41, 5.74) is 11.1. The van der Waals surface area contributed by atoms with Crippen LogP contribution in [0.25, 0.3) is 0 Å². The van der Waals surface area contributed by atoms with E-state index < -0.39 is 6.04 Å². The Morgan fingerprint density at radius 3 is 2.53 bits per heavy atom. The molecule has 0 fully saturated rings. The van der Waals surface area contributed by atoms with Gasteiger partial charge in [-0.2, -0.15) is 0 Å². The molecule has 0 bridgehead atoms. The molecule has 0 aliphatic rings. The fourth-order valence-corrected chi connectivity index (χ4v) is 2.22. The molecule has 0 radical (unpaired) electrons. The van der Waals surface area contributed by atoms with Crippen LogP contribution in [-0.4, -0.2) is 0 Å². The van der Waals surface area contributed by atoms with Crippen LogP contribution in [0, 0.1) is 12.7 Å². The standard InChI is InChI=1S/C14H15ClFN3/c1-8-2-5-12(16)11(6-8)14(19-18)10-4-3-9(15)7-13(10)17/h2-7,14,19H,17-18H2,1H3. The second-order valence-corrected chi connectivity index (χ2v) is 4.83. The van der Waals surface area contributed by atoms with E-state index in [9.17, 15) is 4.39 Å². The third kappa shape index (κ3) is 2.87. The quantitative estimate of drug-likeness (QED) is 0.460. The number of hydrazine groups is 1. The van der Waals surface area contributed by atoms with Gasteiger partial charge in [0.1, 0.15) is 5.82 Å². The molecule has 2 rings (SSSR count). The number of halogens is 2. The number of nitrogen functional groups attached to an aromatic ring is 1. The Labute approximate surface area is 116 Å². The predicted octanol–water partition coefficient (Wildman–Crippen LogP) is 2.92. The summed E-state index contributed by atoms with van der Waals surface area (Å²) >= 11 is 5.86. The van der Waals surface area contributed by atoms with Crippen molar-refractivity contribution in [2.75, 3.05) is 5.73 Å². The van der Waals surface area contributed by atoms with Gasteiger partial charge in [0.25, 0.3) is 0 Å². The van der Waals surface area contributed by atoms with E-state index in [2.05, 4.69) is 5.43 Å². The molecule has 0 amide bonds. The molecule has 5 heteroatoms. The minimum absolute atomic E-state index is 0.331. The second kappa shape index (κ2) is 5.57. The first-order valence-electron chi connectivity index (χ1n) is 5.80. The molecule has 2 aromatic carbocycles. The maximum absolute atomic E-state index is 13.9. The van der Waals surface area contributed by atoms with Gasteiger partial charge in [-0.05, 0) is 30.7 Å². The number of nitrogens with two attached hydrogens (primary N) is 2. The Balaban J connectivity index is 2.52. The van der Waals surface area contributed by atoms with E-state index in [1.165, 1.54) is 6.07 Å². The molecule has 1 atom stereocenters. The van der Waals surface area contributed by atoms with E-state index in [0.717, 1.165) is 5.56 Å². The Morgan fingerprint density at radius 2 is 1.89 bits per heavy atom. The Kier molecular flexibility index (Phi) is 4.04. The first kappa shape index (κ1) is 13.8. The van der Waals surface area contributed by atoms with Crippen molar-refractivity contribution in [3.8, 4) is 0 Å². The van der Waals surface area contributed by atoms with Gasteiger partial charge in [0.05, 0.1) is 6.04 Å². The van der Waals surface area contributed by atoms with Crippen LogP contribution in [0.3, 0.4) is 0 Å². The van der Waals surface area contributed by atoms with Crippen LogP contribution in [0.5, 0.6) is 0 Å². The van der Waals surface area contributed by atoms with E-state index in [-0.39, 0.29) is 5.82 Å². The van der Waals surface area contributed by atoms with Crippen LogP contribution < -0.4 is 17.0 Å². The molecule has 0 aromatic heterocycles. The first-order chi connectivity index (χ1) is 9.02. The summed E-state index contributed by atoms with van der Waals surface area (Å²) in [7, 11) is 0. The van der Waals surface area contributed by atoms with Crippen LogP contribution in [-0.2, 0) is 0 Å². The zero-order chi connectivity index (χ0) is 14.0. The van der Waals surface area contributed by atoms with Gasteiger partial charge in [0.2, 0.25) is 0 Å². The molecule has 2 aromatic rings. The Morgan fingerprint density at radius 1 is 1.16 bits per heavy atom. The highest BCUT2D eigenvalue weighted by molar-refractivity contribution is 6.30. The molecule has 19 heavy (non-hydrogen) atoms. The summed E-state index contributed by atoms with van der Waals surface area (Å²) in [5, 5.41) is 0.529. The molecule has 0 aliphatic heterocycles. The van der Waals surface area contributed by atoms with Gasteiger partial charge in [0.15, 0.2) is 0 Å². The number of anilines is 1. The van der Waals surface area contributed by atoms with Gasteiger partial charge >= 0.3 is 0 Å². The van der Waals surface area contributed by atoms with E-state index in [1.807, 2.05) is 6.92 Å². The Hall–Kier alpha value is -1.62. The highest BCUT2D eigenvalue weighted by Crippen LogP contribution is 2.30. The maximum atomic E-state index is 13.9. The third-order valence-electron chi connectivity index (χ3n) is 2.99. The molecule has 0 saturated heterocycles. The topological polar surface area (TPSA) is 64.1 Å². The number of aryl methyl sites for hydroxylation is 1. The number of benzene rings is 2. The number of hydrogen-bond acceptors (Lipinski definition) is 3. The van der Waals surface area contributed by atoms with Gasteiger partial charge in [-0.3, -0.25) is 5.84 Å². The minimum atomic E-state index is -0.517. The van der Waals surface area contributed by atoms with Crippen LogP contribution in [0.2, 0.25) is 5.02 Å². The van der Waals surface area contributed by atoms with Gasteiger partial charge in [-0.15, -0.1) is 0 Å². The van der Waals surface area contributed by atoms with Crippen molar-refractivity contribution in [3.63, 3.8) is 0 Å². The average molecular weight is 280 g/mol. The minimum Gasteiger partial charge on any atom is -0.398 e. The lowest BCUT2D eigenvalue weighted by Gasteiger charge is -2.20. The molecule has 5 N–H and O–H groups in total. The molecular weight excluding hydrogens is 265 g/mol. The smallest absolute Gasteiger partial charge is 0.128 e. The monoisotopic (exact) mass is 279 g/mol. The van der Waals surface area contributed by atoms with Gasteiger partial charge in [-0.25, -0.2) is 9.82 Å². The molecule has 100 valence electrons. The fourth-order valence-electron chi connectivity index (χ4n) is 2.04. The zero-order valence-corrected chi connectivity index (χ0v) is 11.2. The second-order valence-electron chi connectivity index (χ2n) is 4.40. The van der Waals surface area contributed by atoms with Crippen LogP contribution in [0.4, 0.5) is 10.1 Å². The van der Waals surface area contributed by atoms with E-state index in [0.29, 0.717) is 21.8 Å². The maximum Gasteiger partial charge on any atom is 0.128 e. The third-order valence-corrected chi connectivity index (χ3v) is 3.22. The van der Waals surface area contributed by atoms with Crippen LogP contribution in [0.15, 0.2) is 36.4 Å². The van der Waals surface area contributed by atoms with Gasteiger partial charge in [0, 0.05) is 16.3 Å². The predicted molar refractivity (Wildman–Crippen MR) is 76.2 cm³/mol. The average Bonchev–Trinajstić information content (AvgIpc) is 2.36.